The molecule has 0 unspecified atom stereocenters. The van der Waals surface area contributed by atoms with E-state index >= 15 is 0 Å². The molecule has 38 heavy (non-hydrogen) atoms. The van der Waals surface area contributed by atoms with E-state index in [1.165, 1.54) is 116 Å². The maximum Gasteiger partial charge on any atom is -0.0162 e. The fourth-order valence-corrected chi connectivity index (χ4v) is 8.57. The molecule has 0 nitrogen and oxygen atoms in total. The van der Waals surface area contributed by atoms with Gasteiger partial charge in [0.2, 0.25) is 0 Å². The number of aryl methyl sites for hydroxylation is 1. The summed E-state index contributed by atoms with van der Waals surface area (Å²) < 4.78 is 0. The summed E-state index contributed by atoms with van der Waals surface area (Å²) >= 11 is 0. The Labute approximate surface area is 238 Å². The fraction of sp³-hybridized carbons (Fsp3) is 0.842. The predicted molar refractivity (Wildman–Crippen MR) is 168 cm³/mol. The highest BCUT2D eigenvalue weighted by Crippen LogP contribution is 2.40. The van der Waals surface area contributed by atoms with Crippen molar-refractivity contribution >= 4 is 0 Å². The molecule has 216 valence electrons. The van der Waals surface area contributed by atoms with Crippen LogP contribution in [-0.2, 0) is 6.42 Å². The van der Waals surface area contributed by atoms with Crippen LogP contribution >= 0.6 is 0 Å². The average molecular weight is 521 g/mol. The van der Waals surface area contributed by atoms with Crippen molar-refractivity contribution in [3.8, 4) is 0 Å². The van der Waals surface area contributed by atoms with Crippen LogP contribution in [0.5, 0.6) is 0 Å². The second-order valence-corrected chi connectivity index (χ2v) is 14.3. The van der Waals surface area contributed by atoms with Gasteiger partial charge in [-0.1, -0.05) is 154 Å². The molecule has 0 aromatic heterocycles. The first-order chi connectivity index (χ1) is 18.7. The van der Waals surface area contributed by atoms with Crippen LogP contribution in [0.4, 0.5) is 0 Å². The van der Waals surface area contributed by atoms with Crippen molar-refractivity contribution in [3.05, 3.63) is 35.4 Å². The molecule has 0 amide bonds. The summed E-state index contributed by atoms with van der Waals surface area (Å²) in [6, 6.07) is 9.94. The van der Waals surface area contributed by atoms with Crippen molar-refractivity contribution in [2.45, 2.75) is 174 Å². The third kappa shape index (κ3) is 10.3. The molecule has 0 heterocycles. The topological polar surface area (TPSA) is 0 Å². The Bertz CT molecular complexity index is 707. The number of hydrogen-bond acceptors (Lipinski definition) is 0. The molecular formula is C38H64. The molecule has 3 aliphatic rings. The summed E-state index contributed by atoms with van der Waals surface area (Å²) in [5, 5.41) is 0. The summed E-state index contributed by atoms with van der Waals surface area (Å²) in [5.74, 6) is 6.04. The van der Waals surface area contributed by atoms with Gasteiger partial charge >= 0.3 is 0 Å². The fourth-order valence-electron chi connectivity index (χ4n) is 8.57. The molecular weight excluding hydrogens is 456 g/mol. The summed E-state index contributed by atoms with van der Waals surface area (Å²) in [6.07, 6.45) is 35.5. The van der Waals surface area contributed by atoms with Crippen LogP contribution in [0.15, 0.2) is 24.3 Å². The van der Waals surface area contributed by atoms with Crippen LogP contribution in [-0.4, -0.2) is 0 Å². The minimum Gasteiger partial charge on any atom is -0.0654 e. The van der Waals surface area contributed by atoms with Crippen LogP contribution in [0.25, 0.3) is 0 Å². The first kappa shape index (κ1) is 30.2. The van der Waals surface area contributed by atoms with Crippen LogP contribution in [0, 0.1) is 29.6 Å². The lowest BCUT2D eigenvalue weighted by atomic mass is 9.74. The van der Waals surface area contributed by atoms with E-state index < -0.39 is 0 Å². The van der Waals surface area contributed by atoms with Gasteiger partial charge in [-0.15, -0.1) is 0 Å². The Morgan fingerprint density at radius 3 is 1.29 bits per heavy atom. The van der Waals surface area contributed by atoms with Gasteiger partial charge in [0.25, 0.3) is 0 Å². The van der Waals surface area contributed by atoms with Gasteiger partial charge in [-0.2, -0.15) is 0 Å². The summed E-state index contributed by atoms with van der Waals surface area (Å²) in [5.41, 5.74) is 3.22. The zero-order chi connectivity index (χ0) is 26.4. The average Bonchev–Trinajstić information content (AvgIpc) is 2.97. The highest BCUT2D eigenvalue weighted by atomic mass is 14.3. The monoisotopic (exact) mass is 521 g/mol. The zero-order valence-corrected chi connectivity index (χ0v) is 25.7. The Kier molecular flexibility index (Phi) is 13.6. The van der Waals surface area contributed by atoms with Gasteiger partial charge in [-0.3, -0.25) is 0 Å². The highest BCUT2D eigenvalue weighted by molar-refractivity contribution is 5.26. The van der Waals surface area contributed by atoms with Gasteiger partial charge < -0.3 is 0 Å². The molecule has 1 aromatic rings. The van der Waals surface area contributed by atoms with Gasteiger partial charge in [0.05, 0.1) is 0 Å². The standard InChI is InChI=1S/C38H64/c1-3-5-7-9-31-11-13-33(14-12-31)15-16-34-17-19-35(20-18-34)21-22-36-25-29-38(30-26-36)37-27-23-32(24-28-37)10-8-6-4-2/h25-26,29-35,37H,3-24,27-28H2,1-2H3. The largest absolute Gasteiger partial charge is 0.0654 e. The Hall–Kier alpha value is -0.780. The molecule has 0 radical (unpaired) electrons. The highest BCUT2D eigenvalue weighted by Gasteiger charge is 2.25. The molecule has 3 saturated carbocycles. The van der Waals surface area contributed by atoms with Gasteiger partial charge in [0, 0.05) is 0 Å². The molecule has 0 heteroatoms. The maximum atomic E-state index is 2.49. The van der Waals surface area contributed by atoms with Crippen LogP contribution < -0.4 is 0 Å². The van der Waals surface area contributed by atoms with E-state index in [9.17, 15) is 0 Å². The Balaban J connectivity index is 1.05. The van der Waals surface area contributed by atoms with Gasteiger partial charge in [0.15, 0.2) is 0 Å². The number of benzene rings is 1. The molecule has 0 spiro atoms. The molecule has 0 aliphatic heterocycles. The number of unbranched alkanes of at least 4 members (excludes halogenated alkanes) is 4. The molecule has 4 rings (SSSR count). The van der Waals surface area contributed by atoms with Crippen molar-refractivity contribution in [2.24, 2.45) is 29.6 Å². The maximum absolute atomic E-state index is 2.49. The van der Waals surface area contributed by atoms with Crippen LogP contribution in [0.3, 0.4) is 0 Å². The lowest BCUT2D eigenvalue weighted by Gasteiger charge is -2.32. The molecule has 3 aliphatic carbocycles. The minimum absolute atomic E-state index is 0.836. The van der Waals surface area contributed by atoms with Crippen molar-refractivity contribution < 1.29 is 0 Å². The number of rotatable bonds is 15. The third-order valence-corrected chi connectivity index (χ3v) is 11.5. The molecule has 3 fully saturated rings. The van der Waals surface area contributed by atoms with E-state index in [0.717, 1.165) is 35.5 Å². The van der Waals surface area contributed by atoms with Crippen molar-refractivity contribution in [3.63, 3.8) is 0 Å². The van der Waals surface area contributed by atoms with Crippen molar-refractivity contribution in [2.75, 3.05) is 0 Å². The van der Waals surface area contributed by atoms with Gasteiger partial charge in [-0.05, 0) is 85.2 Å². The lowest BCUT2D eigenvalue weighted by Crippen LogP contribution is -2.18. The van der Waals surface area contributed by atoms with Crippen molar-refractivity contribution in [1.82, 2.24) is 0 Å². The van der Waals surface area contributed by atoms with Crippen LogP contribution in [0.1, 0.15) is 179 Å². The quantitative estimate of drug-likeness (QED) is 0.202. The second kappa shape index (κ2) is 17.1. The summed E-state index contributed by atoms with van der Waals surface area (Å²) in [4.78, 5) is 0. The zero-order valence-electron chi connectivity index (χ0n) is 25.7. The predicted octanol–water partition coefficient (Wildman–Crippen LogP) is 12.4. The summed E-state index contributed by atoms with van der Waals surface area (Å²) in [6.45, 7) is 4.66. The molecule has 0 N–H and O–H groups in total. The first-order valence-electron chi connectivity index (χ1n) is 17.8. The van der Waals surface area contributed by atoms with E-state index in [-0.39, 0.29) is 0 Å². The second-order valence-electron chi connectivity index (χ2n) is 14.3. The van der Waals surface area contributed by atoms with E-state index in [2.05, 4.69) is 38.1 Å². The summed E-state index contributed by atoms with van der Waals surface area (Å²) in [7, 11) is 0. The van der Waals surface area contributed by atoms with Gasteiger partial charge in [-0.25, -0.2) is 0 Å². The molecule has 1 aromatic carbocycles. The van der Waals surface area contributed by atoms with E-state index in [1.54, 1.807) is 49.7 Å². The molecule has 0 atom stereocenters. The normalized spacial score (nSPS) is 30.4. The van der Waals surface area contributed by atoms with E-state index in [1.807, 2.05) is 0 Å². The van der Waals surface area contributed by atoms with E-state index in [4.69, 9.17) is 0 Å². The number of hydrogen-bond donors (Lipinski definition) is 0. The smallest absolute Gasteiger partial charge is 0.0162 e. The SMILES string of the molecule is CCCCCC1CCC(CCC2CCC(CCc3ccc(C4CCC(CCCCC)CC4)cc3)CC2)CC1. The minimum atomic E-state index is 0.836. The van der Waals surface area contributed by atoms with E-state index in [0.29, 0.717) is 0 Å². The Morgan fingerprint density at radius 1 is 0.447 bits per heavy atom. The lowest BCUT2D eigenvalue weighted by molar-refractivity contribution is 0.208. The Morgan fingerprint density at radius 2 is 0.842 bits per heavy atom. The molecule has 0 bridgehead atoms. The van der Waals surface area contributed by atoms with Crippen molar-refractivity contribution in [1.29, 1.82) is 0 Å². The first-order valence-corrected chi connectivity index (χ1v) is 17.8. The van der Waals surface area contributed by atoms with Gasteiger partial charge in [0.1, 0.15) is 0 Å². The van der Waals surface area contributed by atoms with Crippen LogP contribution in [0.2, 0.25) is 0 Å². The third-order valence-electron chi connectivity index (χ3n) is 11.5. The molecule has 0 saturated heterocycles.